The minimum Gasteiger partial charge on any atom is -0.365 e. The van der Waals surface area contributed by atoms with E-state index in [-0.39, 0.29) is 17.7 Å². The summed E-state index contributed by atoms with van der Waals surface area (Å²) >= 11 is 1.31. The Morgan fingerprint density at radius 2 is 1.82 bits per heavy atom. The number of hydrogen-bond acceptors (Lipinski definition) is 6. The molecule has 1 aliphatic heterocycles. The standard InChI is InChI=1S/C28H34N6O4S/c1-3-20-26(37)33-22(15-18-9-5-4-6-10-18)28-34-23(16-39-28)25(36)30-13-8-7-11-21(27(38)31-20)32-24(35)19-12-14-29-17(19)2/h4-6,9-10,12,14,16,20-22,29H,3,7-8,11,13,15H2,1-2H3,(H,30,36)(H,31,38)(H,32,35)(H,33,37)/t20-,21+,22+/m1/s1. The van der Waals surface area contributed by atoms with Gasteiger partial charge in [-0.1, -0.05) is 37.3 Å². The number of nitrogens with zero attached hydrogens (tertiary/aromatic N) is 1. The van der Waals surface area contributed by atoms with Crippen LogP contribution >= 0.6 is 11.3 Å². The first kappa shape index (κ1) is 28.0. The minimum absolute atomic E-state index is 0.286. The molecular formula is C28H34N6O4S. The summed E-state index contributed by atoms with van der Waals surface area (Å²) in [7, 11) is 0. The Kier molecular flexibility index (Phi) is 9.48. The molecule has 0 saturated carbocycles. The second-order valence-electron chi connectivity index (χ2n) is 9.59. The first-order valence-electron chi connectivity index (χ1n) is 13.2. The number of amides is 4. The van der Waals surface area contributed by atoms with Gasteiger partial charge in [0, 0.05) is 23.8 Å². The van der Waals surface area contributed by atoms with E-state index in [0.717, 1.165) is 5.56 Å². The van der Waals surface area contributed by atoms with Crippen LogP contribution in [0, 0.1) is 6.92 Å². The number of H-pyrrole nitrogens is 1. The summed E-state index contributed by atoms with van der Waals surface area (Å²) in [6.45, 7) is 4.01. The van der Waals surface area contributed by atoms with E-state index in [2.05, 4.69) is 31.2 Å². The molecule has 0 saturated heterocycles. The lowest BCUT2D eigenvalue weighted by molar-refractivity contribution is -0.130. The summed E-state index contributed by atoms with van der Waals surface area (Å²) in [4.78, 5) is 59.8. The van der Waals surface area contributed by atoms with Crippen molar-refractivity contribution >= 4 is 35.0 Å². The van der Waals surface area contributed by atoms with Crippen LogP contribution in [0.2, 0.25) is 0 Å². The van der Waals surface area contributed by atoms with E-state index in [9.17, 15) is 19.2 Å². The molecule has 2 bridgehead atoms. The Labute approximate surface area is 231 Å². The van der Waals surface area contributed by atoms with Gasteiger partial charge >= 0.3 is 0 Å². The van der Waals surface area contributed by atoms with Crippen LogP contribution in [0.4, 0.5) is 0 Å². The fraction of sp³-hybridized carbons (Fsp3) is 0.393. The molecule has 4 rings (SSSR count). The Balaban J connectivity index is 1.57. The molecule has 1 aromatic carbocycles. The van der Waals surface area contributed by atoms with E-state index in [0.29, 0.717) is 60.6 Å². The van der Waals surface area contributed by atoms with Gasteiger partial charge in [-0.2, -0.15) is 0 Å². The molecule has 10 nitrogen and oxygen atoms in total. The molecule has 2 aromatic heterocycles. The van der Waals surface area contributed by atoms with Crippen molar-refractivity contribution < 1.29 is 19.2 Å². The molecule has 0 radical (unpaired) electrons. The van der Waals surface area contributed by atoms with Crippen molar-refractivity contribution in [2.75, 3.05) is 6.54 Å². The van der Waals surface area contributed by atoms with Crippen LogP contribution in [-0.2, 0) is 16.0 Å². The van der Waals surface area contributed by atoms with Crippen molar-refractivity contribution in [1.82, 2.24) is 31.2 Å². The van der Waals surface area contributed by atoms with E-state index >= 15 is 0 Å². The van der Waals surface area contributed by atoms with Gasteiger partial charge in [0.2, 0.25) is 11.8 Å². The molecule has 4 amide bonds. The number of rotatable bonds is 5. The van der Waals surface area contributed by atoms with Crippen molar-refractivity contribution in [3.05, 3.63) is 75.5 Å². The van der Waals surface area contributed by atoms with Gasteiger partial charge < -0.3 is 26.3 Å². The third-order valence-corrected chi connectivity index (χ3v) is 7.68. The van der Waals surface area contributed by atoms with E-state index in [1.165, 1.54) is 11.3 Å². The lowest BCUT2D eigenvalue weighted by Crippen LogP contribution is -2.54. The maximum Gasteiger partial charge on any atom is 0.270 e. The molecule has 0 unspecified atom stereocenters. The van der Waals surface area contributed by atoms with Crippen molar-refractivity contribution in [3.63, 3.8) is 0 Å². The van der Waals surface area contributed by atoms with Crippen LogP contribution < -0.4 is 21.3 Å². The van der Waals surface area contributed by atoms with Crippen LogP contribution in [0.3, 0.4) is 0 Å². The molecule has 0 aliphatic carbocycles. The highest BCUT2D eigenvalue weighted by Crippen LogP contribution is 2.23. The number of aromatic nitrogens is 2. The predicted octanol–water partition coefficient (Wildman–Crippen LogP) is 2.79. The van der Waals surface area contributed by atoms with Gasteiger partial charge in [-0.3, -0.25) is 19.2 Å². The van der Waals surface area contributed by atoms with Crippen LogP contribution in [0.1, 0.15) is 75.8 Å². The Bertz CT molecular complexity index is 1300. The highest BCUT2D eigenvalue weighted by molar-refractivity contribution is 7.09. The second kappa shape index (κ2) is 13.2. The van der Waals surface area contributed by atoms with Crippen molar-refractivity contribution in [3.8, 4) is 0 Å². The van der Waals surface area contributed by atoms with Gasteiger partial charge in [0.25, 0.3) is 11.8 Å². The Hall–Kier alpha value is -3.99. The molecule has 3 heterocycles. The first-order valence-corrected chi connectivity index (χ1v) is 14.1. The van der Waals surface area contributed by atoms with Gasteiger partial charge in [0.05, 0.1) is 11.6 Å². The summed E-state index contributed by atoms with van der Waals surface area (Å²) in [5.41, 5.74) is 2.46. The number of fused-ring (bicyclic) bond motifs is 2. The maximum absolute atomic E-state index is 13.4. The molecular weight excluding hydrogens is 516 g/mol. The predicted molar refractivity (Wildman–Crippen MR) is 148 cm³/mol. The molecule has 3 aromatic rings. The Morgan fingerprint density at radius 3 is 2.54 bits per heavy atom. The zero-order valence-electron chi connectivity index (χ0n) is 22.1. The fourth-order valence-corrected chi connectivity index (χ4v) is 5.32. The quantitative estimate of drug-likeness (QED) is 0.332. The molecule has 206 valence electrons. The van der Waals surface area contributed by atoms with Gasteiger partial charge in [0.15, 0.2) is 0 Å². The zero-order chi connectivity index (χ0) is 27.8. The molecule has 11 heteroatoms. The smallest absolute Gasteiger partial charge is 0.270 e. The van der Waals surface area contributed by atoms with Gasteiger partial charge in [-0.25, -0.2) is 4.98 Å². The number of aromatic amines is 1. The van der Waals surface area contributed by atoms with Crippen LogP contribution in [0.5, 0.6) is 0 Å². The summed E-state index contributed by atoms with van der Waals surface area (Å²) in [5, 5.41) is 13.9. The summed E-state index contributed by atoms with van der Waals surface area (Å²) in [6.07, 6.45) is 4.04. The highest BCUT2D eigenvalue weighted by atomic mass is 32.1. The summed E-state index contributed by atoms with van der Waals surface area (Å²) in [5.74, 6) is -1.43. The molecule has 0 spiro atoms. The normalized spacial score (nSPS) is 21.0. The van der Waals surface area contributed by atoms with Crippen LogP contribution in [0.15, 0.2) is 48.0 Å². The number of carbonyl (C=O) groups excluding carboxylic acids is 4. The van der Waals surface area contributed by atoms with Gasteiger partial charge in [-0.15, -0.1) is 11.3 Å². The van der Waals surface area contributed by atoms with Crippen molar-refractivity contribution in [1.29, 1.82) is 0 Å². The van der Waals surface area contributed by atoms with E-state index < -0.39 is 24.0 Å². The number of carbonyl (C=O) groups is 4. The van der Waals surface area contributed by atoms with Gasteiger partial charge in [-0.05, 0) is 50.7 Å². The molecule has 39 heavy (non-hydrogen) atoms. The second-order valence-corrected chi connectivity index (χ2v) is 10.5. The molecule has 1 aliphatic rings. The largest absolute Gasteiger partial charge is 0.365 e. The van der Waals surface area contributed by atoms with E-state index in [1.807, 2.05) is 37.3 Å². The molecule has 3 atom stereocenters. The van der Waals surface area contributed by atoms with Crippen molar-refractivity contribution in [2.24, 2.45) is 0 Å². The lowest BCUT2D eigenvalue weighted by atomic mass is 10.0. The molecule has 0 fully saturated rings. The van der Waals surface area contributed by atoms with Crippen molar-refractivity contribution in [2.45, 2.75) is 64.1 Å². The monoisotopic (exact) mass is 550 g/mol. The number of benzene rings is 1. The SMILES string of the molecule is CC[C@H]1NC(=O)[C@@H](NC(=O)c2cc[nH]c2C)CCCCNC(=O)c2csc(n2)[C@H](Cc2ccccc2)NC1=O. The van der Waals surface area contributed by atoms with Gasteiger partial charge in [0.1, 0.15) is 22.8 Å². The average Bonchev–Trinajstić information content (AvgIpc) is 3.60. The van der Waals surface area contributed by atoms with Crippen LogP contribution in [-0.4, -0.2) is 52.2 Å². The maximum atomic E-state index is 13.4. The third-order valence-electron chi connectivity index (χ3n) is 6.72. The number of nitrogens with one attached hydrogen (secondary N) is 5. The fourth-order valence-electron chi connectivity index (χ4n) is 4.47. The molecule has 5 N–H and O–H groups in total. The van der Waals surface area contributed by atoms with Crippen LogP contribution in [0.25, 0.3) is 0 Å². The topological polar surface area (TPSA) is 145 Å². The average molecular weight is 551 g/mol. The zero-order valence-corrected chi connectivity index (χ0v) is 22.9. The summed E-state index contributed by atoms with van der Waals surface area (Å²) in [6, 6.07) is 9.22. The Morgan fingerprint density at radius 1 is 1.05 bits per heavy atom. The number of thiazole rings is 1. The minimum atomic E-state index is -0.837. The van der Waals surface area contributed by atoms with E-state index in [1.54, 1.807) is 24.6 Å². The number of aryl methyl sites for hydroxylation is 1. The number of hydrogen-bond donors (Lipinski definition) is 5. The first-order chi connectivity index (χ1) is 18.9. The van der Waals surface area contributed by atoms with E-state index in [4.69, 9.17) is 0 Å². The third kappa shape index (κ3) is 7.32. The highest BCUT2D eigenvalue weighted by Gasteiger charge is 2.29. The lowest BCUT2D eigenvalue weighted by Gasteiger charge is -2.25. The summed E-state index contributed by atoms with van der Waals surface area (Å²) < 4.78 is 0.